The molecule has 9 nitrogen and oxygen atoms in total. The lowest BCUT2D eigenvalue weighted by Gasteiger charge is -2.11. The summed E-state index contributed by atoms with van der Waals surface area (Å²) in [4.78, 5) is 0.0441. The predicted molar refractivity (Wildman–Crippen MR) is 97.0 cm³/mol. The quantitative estimate of drug-likeness (QED) is 0.593. The molecule has 0 amide bonds. The van der Waals surface area contributed by atoms with Crippen LogP contribution in [0, 0.1) is 11.3 Å². The number of sulfone groups is 1. The topological polar surface area (TPSA) is 134 Å². The van der Waals surface area contributed by atoms with Crippen LogP contribution in [0.3, 0.4) is 0 Å². The van der Waals surface area contributed by atoms with Gasteiger partial charge in [0.1, 0.15) is 17.4 Å². The summed E-state index contributed by atoms with van der Waals surface area (Å²) in [6.07, 6.45) is 1.32. The maximum atomic E-state index is 12.7. The zero-order chi connectivity index (χ0) is 19.1. The fourth-order valence-corrected chi connectivity index (χ4v) is 3.32. The van der Waals surface area contributed by atoms with Crippen LogP contribution < -0.4 is 10.1 Å². The van der Waals surface area contributed by atoms with Crippen LogP contribution in [-0.4, -0.2) is 35.0 Å². The fraction of sp³-hybridized carbons (Fsp3) is 0.0588. The highest BCUT2D eigenvalue weighted by atomic mass is 32.2. The predicted octanol–water partition coefficient (Wildman–Crippen LogP) is 1.99. The largest absolute Gasteiger partial charge is 0.477 e. The van der Waals surface area contributed by atoms with Gasteiger partial charge in [-0.3, -0.25) is 0 Å². The van der Waals surface area contributed by atoms with E-state index in [1.807, 2.05) is 12.1 Å². The Kier molecular flexibility index (Phi) is 5.44. The first kappa shape index (κ1) is 18.1. The molecule has 0 aliphatic carbocycles. The minimum absolute atomic E-state index is 0.0441. The van der Waals surface area contributed by atoms with Crippen molar-refractivity contribution in [1.82, 2.24) is 20.6 Å². The number of ether oxygens (including phenoxy) is 1. The van der Waals surface area contributed by atoms with E-state index in [4.69, 9.17) is 4.74 Å². The Bertz CT molecular complexity index is 1070. The van der Waals surface area contributed by atoms with E-state index in [-0.39, 0.29) is 16.3 Å². The van der Waals surface area contributed by atoms with Gasteiger partial charge >= 0.3 is 0 Å². The van der Waals surface area contributed by atoms with Crippen molar-refractivity contribution in [3.63, 3.8) is 0 Å². The number of H-pyrrole nitrogens is 1. The molecule has 0 saturated carbocycles. The summed E-state index contributed by atoms with van der Waals surface area (Å²) < 4.78 is 30.7. The van der Waals surface area contributed by atoms with E-state index >= 15 is 0 Å². The van der Waals surface area contributed by atoms with Crippen LogP contribution in [0.25, 0.3) is 5.57 Å². The lowest BCUT2D eigenvalue weighted by molar-refractivity contribution is 0.376. The van der Waals surface area contributed by atoms with Crippen molar-refractivity contribution >= 4 is 21.1 Å². The van der Waals surface area contributed by atoms with Gasteiger partial charge in [-0.25, -0.2) is 8.42 Å². The van der Waals surface area contributed by atoms with Gasteiger partial charge in [-0.05, 0) is 29.5 Å². The van der Waals surface area contributed by atoms with Gasteiger partial charge in [0.2, 0.25) is 15.7 Å². The molecule has 0 spiro atoms. The summed E-state index contributed by atoms with van der Waals surface area (Å²) in [5.74, 6) is 0.0306. The number of benzene rings is 2. The Morgan fingerprint density at radius 3 is 2.63 bits per heavy atom. The molecule has 2 aromatic carbocycles. The maximum Gasteiger partial charge on any atom is 0.216 e. The Balaban J connectivity index is 1.82. The third-order valence-corrected chi connectivity index (χ3v) is 4.88. The highest BCUT2D eigenvalue weighted by Gasteiger charge is 2.19. The fourth-order valence-electron chi connectivity index (χ4n) is 2.16. The number of nitrogens with zero attached hydrogens (tertiary/aromatic N) is 4. The van der Waals surface area contributed by atoms with Crippen LogP contribution in [0.1, 0.15) is 5.82 Å². The smallest absolute Gasteiger partial charge is 0.216 e. The van der Waals surface area contributed by atoms with Gasteiger partial charge in [-0.1, -0.05) is 30.3 Å². The van der Waals surface area contributed by atoms with Crippen LogP contribution in [0.15, 0.2) is 65.7 Å². The van der Waals surface area contributed by atoms with Crippen molar-refractivity contribution in [2.45, 2.75) is 4.90 Å². The van der Waals surface area contributed by atoms with Crippen LogP contribution in [0.2, 0.25) is 0 Å². The number of hydrogen-bond acceptors (Lipinski definition) is 8. The van der Waals surface area contributed by atoms with E-state index in [9.17, 15) is 13.7 Å². The molecule has 27 heavy (non-hydrogen) atoms. The Morgan fingerprint density at radius 1 is 1.19 bits per heavy atom. The molecule has 0 aliphatic rings. The Hall–Kier alpha value is -3.71. The molecule has 0 fully saturated rings. The van der Waals surface area contributed by atoms with E-state index in [0.29, 0.717) is 11.4 Å². The lowest BCUT2D eigenvalue weighted by Crippen LogP contribution is -2.14. The molecule has 0 radical (unpaired) electrons. The number of hydrogen-bond donors (Lipinski definition) is 2. The second-order valence-electron chi connectivity index (χ2n) is 5.24. The molecule has 3 rings (SSSR count). The van der Waals surface area contributed by atoms with Crippen molar-refractivity contribution in [2.75, 3.05) is 11.3 Å². The molecule has 3 aromatic rings. The minimum atomic E-state index is -3.74. The van der Waals surface area contributed by atoms with Gasteiger partial charge in [-0.2, -0.15) is 10.5 Å². The molecule has 0 atom stereocenters. The van der Waals surface area contributed by atoms with Crippen LogP contribution >= 0.6 is 0 Å². The second-order valence-corrected chi connectivity index (χ2v) is 7.14. The highest BCUT2D eigenvalue weighted by Crippen LogP contribution is 2.23. The Morgan fingerprint density at radius 2 is 1.93 bits per heavy atom. The first-order valence-corrected chi connectivity index (χ1v) is 9.35. The maximum absolute atomic E-state index is 12.7. The van der Waals surface area contributed by atoms with E-state index in [1.54, 1.807) is 42.5 Å². The normalized spacial score (nSPS) is 11.6. The molecule has 2 N–H and O–H groups in total. The summed E-state index contributed by atoms with van der Waals surface area (Å²) in [5.41, 5.74) is 0.391. The third kappa shape index (κ3) is 4.47. The molecule has 0 saturated heterocycles. The highest BCUT2D eigenvalue weighted by molar-refractivity contribution is 7.91. The minimum Gasteiger partial charge on any atom is -0.477 e. The van der Waals surface area contributed by atoms with E-state index < -0.39 is 15.8 Å². The lowest BCUT2D eigenvalue weighted by atomic mass is 10.3. The van der Waals surface area contributed by atoms with Gasteiger partial charge in [0.15, 0.2) is 5.94 Å². The molecule has 1 heterocycles. The number of para-hydroxylation sites is 2. The molecule has 0 aliphatic heterocycles. The molecule has 136 valence electrons. The van der Waals surface area contributed by atoms with Gasteiger partial charge in [0.05, 0.1) is 10.6 Å². The number of aromatic nitrogens is 4. The van der Waals surface area contributed by atoms with Crippen molar-refractivity contribution in [3.05, 3.63) is 66.6 Å². The first-order chi connectivity index (χ1) is 13.1. The number of rotatable bonds is 7. The van der Waals surface area contributed by atoms with Gasteiger partial charge in [-0.15, -0.1) is 10.2 Å². The van der Waals surface area contributed by atoms with Crippen molar-refractivity contribution < 1.29 is 13.2 Å². The molecular formula is C17H14N6O3S. The standard InChI is InChI=1S/C17H14N6O3S/c18-10-13(17-20-22-23-21-17)11-19-15-8-4-5-9-16(15)27(24,25)12-26-14-6-2-1-3-7-14/h1-9,11,19H,12H2,(H,20,21,22,23). The number of tetrazole rings is 1. The molecular weight excluding hydrogens is 368 g/mol. The van der Waals surface area contributed by atoms with E-state index in [1.165, 1.54) is 12.3 Å². The summed E-state index contributed by atoms with van der Waals surface area (Å²) in [6.45, 7) is 0. The van der Waals surface area contributed by atoms with Gasteiger partial charge in [0, 0.05) is 6.20 Å². The van der Waals surface area contributed by atoms with Crippen molar-refractivity contribution in [3.8, 4) is 11.8 Å². The molecule has 1 aromatic heterocycles. The zero-order valence-electron chi connectivity index (χ0n) is 13.9. The van der Waals surface area contributed by atoms with Gasteiger partial charge in [0.25, 0.3) is 0 Å². The third-order valence-electron chi connectivity index (χ3n) is 3.42. The van der Waals surface area contributed by atoms with Crippen LogP contribution in [0.4, 0.5) is 5.69 Å². The molecule has 0 unspecified atom stereocenters. The average molecular weight is 382 g/mol. The monoisotopic (exact) mass is 382 g/mol. The van der Waals surface area contributed by atoms with Crippen LogP contribution in [0.5, 0.6) is 5.75 Å². The average Bonchev–Trinajstić information content (AvgIpc) is 3.23. The van der Waals surface area contributed by atoms with Gasteiger partial charge < -0.3 is 10.1 Å². The number of nitriles is 1. The van der Waals surface area contributed by atoms with E-state index in [2.05, 4.69) is 25.9 Å². The van der Waals surface area contributed by atoms with Crippen LogP contribution in [-0.2, 0) is 9.84 Å². The summed E-state index contributed by atoms with van der Waals surface area (Å²) in [7, 11) is -3.74. The molecule has 10 heteroatoms. The number of nitrogens with one attached hydrogen (secondary N) is 2. The Labute approximate surface area is 155 Å². The SMILES string of the molecule is N#CC(=CNc1ccccc1S(=O)(=O)COc1ccccc1)c1nn[nH]n1. The second kappa shape index (κ2) is 8.11. The number of aromatic amines is 1. The molecule has 0 bridgehead atoms. The summed E-state index contributed by atoms with van der Waals surface area (Å²) in [5, 5.41) is 25.1. The van der Waals surface area contributed by atoms with Crippen molar-refractivity contribution in [1.29, 1.82) is 5.26 Å². The summed E-state index contributed by atoms with van der Waals surface area (Å²) in [6, 6.07) is 16.9. The number of anilines is 1. The number of allylic oxidation sites excluding steroid dienone is 1. The first-order valence-electron chi connectivity index (χ1n) is 7.70. The summed E-state index contributed by atoms with van der Waals surface area (Å²) >= 11 is 0. The zero-order valence-corrected chi connectivity index (χ0v) is 14.7. The van der Waals surface area contributed by atoms with Crippen molar-refractivity contribution in [2.24, 2.45) is 0 Å². The van der Waals surface area contributed by atoms with E-state index in [0.717, 1.165) is 0 Å².